The van der Waals surface area contributed by atoms with Gasteiger partial charge in [0.25, 0.3) is 0 Å². The predicted octanol–water partition coefficient (Wildman–Crippen LogP) is 2.68. The first-order valence-corrected chi connectivity index (χ1v) is 6.34. The quantitative estimate of drug-likeness (QED) is 0.854. The van der Waals surface area contributed by atoms with Gasteiger partial charge in [-0.25, -0.2) is 4.39 Å². The van der Waals surface area contributed by atoms with Crippen molar-refractivity contribution >= 4 is 0 Å². The van der Waals surface area contributed by atoms with Gasteiger partial charge in [-0.05, 0) is 37.1 Å². The number of nitrogens with zero attached hydrogens (tertiary/aromatic N) is 1. The van der Waals surface area contributed by atoms with E-state index in [1.807, 2.05) is 6.20 Å². The summed E-state index contributed by atoms with van der Waals surface area (Å²) in [4.78, 5) is 0. The SMILES string of the molecule is Fc1ccc(-c2cn[nH]c2C2CCCNC2)cc1. The number of halogens is 1. The lowest BCUT2D eigenvalue weighted by atomic mass is 9.91. The zero-order chi connectivity index (χ0) is 12.4. The maximum Gasteiger partial charge on any atom is 0.123 e. The number of aromatic amines is 1. The molecule has 0 bridgehead atoms. The Balaban J connectivity index is 1.93. The highest BCUT2D eigenvalue weighted by atomic mass is 19.1. The summed E-state index contributed by atoms with van der Waals surface area (Å²) in [5, 5.41) is 10.7. The first-order valence-electron chi connectivity index (χ1n) is 6.34. The fraction of sp³-hybridized carbons (Fsp3) is 0.357. The Morgan fingerprint density at radius 3 is 2.78 bits per heavy atom. The van der Waals surface area contributed by atoms with Gasteiger partial charge in [-0.3, -0.25) is 5.10 Å². The predicted molar refractivity (Wildman–Crippen MR) is 68.8 cm³/mol. The second kappa shape index (κ2) is 4.90. The molecule has 2 N–H and O–H groups in total. The molecule has 94 valence electrons. The molecule has 3 nitrogen and oxygen atoms in total. The third-order valence-corrected chi connectivity index (χ3v) is 3.53. The summed E-state index contributed by atoms with van der Waals surface area (Å²) < 4.78 is 13.0. The van der Waals surface area contributed by atoms with Gasteiger partial charge in [0.15, 0.2) is 0 Å². The first-order chi connectivity index (χ1) is 8.84. The number of rotatable bonds is 2. The van der Waals surface area contributed by atoms with Crippen LogP contribution in [0.2, 0.25) is 0 Å². The topological polar surface area (TPSA) is 40.7 Å². The standard InChI is InChI=1S/C14H16FN3/c15-12-5-3-10(4-6-12)13-9-17-18-14(13)11-2-1-7-16-8-11/h3-6,9,11,16H,1-2,7-8H2,(H,17,18). The van der Waals surface area contributed by atoms with Gasteiger partial charge < -0.3 is 5.32 Å². The molecule has 1 aromatic heterocycles. The molecule has 1 saturated heterocycles. The van der Waals surface area contributed by atoms with Crippen LogP contribution in [0.15, 0.2) is 30.5 Å². The van der Waals surface area contributed by atoms with Crippen LogP contribution < -0.4 is 5.32 Å². The normalized spacial score (nSPS) is 19.9. The summed E-state index contributed by atoms with van der Waals surface area (Å²) in [6.07, 6.45) is 4.19. The van der Waals surface area contributed by atoms with Crippen LogP contribution in [0.4, 0.5) is 4.39 Å². The van der Waals surface area contributed by atoms with Gasteiger partial charge >= 0.3 is 0 Å². The van der Waals surface area contributed by atoms with Crippen molar-refractivity contribution in [3.05, 3.63) is 42.0 Å². The van der Waals surface area contributed by atoms with Gasteiger partial charge in [0.2, 0.25) is 0 Å². The molecule has 0 aliphatic carbocycles. The molecule has 1 aliphatic heterocycles. The number of hydrogen-bond acceptors (Lipinski definition) is 2. The smallest absolute Gasteiger partial charge is 0.123 e. The molecule has 1 unspecified atom stereocenters. The molecular weight excluding hydrogens is 229 g/mol. The van der Waals surface area contributed by atoms with Crippen molar-refractivity contribution in [2.75, 3.05) is 13.1 Å². The highest BCUT2D eigenvalue weighted by Crippen LogP contribution is 2.30. The molecular formula is C14H16FN3. The molecule has 0 spiro atoms. The van der Waals surface area contributed by atoms with Crippen molar-refractivity contribution in [1.82, 2.24) is 15.5 Å². The van der Waals surface area contributed by atoms with Crippen LogP contribution in [-0.2, 0) is 0 Å². The van der Waals surface area contributed by atoms with Crippen LogP contribution in [0.5, 0.6) is 0 Å². The summed E-state index contributed by atoms with van der Waals surface area (Å²) in [7, 11) is 0. The maximum absolute atomic E-state index is 13.0. The van der Waals surface area contributed by atoms with Crippen LogP contribution in [0.1, 0.15) is 24.5 Å². The van der Waals surface area contributed by atoms with E-state index >= 15 is 0 Å². The zero-order valence-electron chi connectivity index (χ0n) is 10.1. The molecule has 1 aliphatic rings. The summed E-state index contributed by atoms with van der Waals surface area (Å²) in [6.45, 7) is 2.08. The molecule has 2 heterocycles. The van der Waals surface area contributed by atoms with E-state index in [1.54, 1.807) is 12.1 Å². The van der Waals surface area contributed by atoms with Gasteiger partial charge in [0.1, 0.15) is 5.82 Å². The van der Waals surface area contributed by atoms with E-state index in [2.05, 4.69) is 15.5 Å². The summed E-state index contributed by atoms with van der Waals surface area (Å²) >= 11 is 0. The Bertz CT molecular complexity index is 512. The summed E-state index contributed by atoms with van der Waals surface area (Å²) in [5.41, 5.74) is 3.27. The second-order valence-electron chi connectivity index (χ2n) is 4.75. The lowest BCUT2D eigenvalue weighted by molar-refractivity contribution is 0.455. The first kappa shape index (κ1) is 11.4. The number of piperidine rings is 1. The number of nitrogens with one attached hydrogen (secondary N) is 2. The number of H-pyrrole nitrogens is 1. The minimum atomic E-state index is -0.205. The number of hydrogen-bond donors (Lipinski definition) is 2. The fourth-order valence-corrected chi connectivity index (χ4v) is 2.57. The van der Waals surface area contributed by atoms with E-state index in [0.29, 0.717) is 5.92 Å². The van der Waals surface area contributed by atoms with Crippen LogP contribution in [-0.4, -0.2) is 23.3 Å². The Labute approximate surface area is 105 Å². The lowest BCUT2D eigenvalue weighted by Gasteiger charge is -2.22. The van der Waals surface area contributed by atoms with Crippen LogP contribution in [0.25, 0.3) is 11.1 Å². The Morgan fingerprint density at radius 1 is 1.22 bits per heavy atom. The molecule has 1 atom stereocenters. The largest absolute Gasteiger partial charge is 0.316 e. The Hall–Kier alpha value is -1.68. The van der Waals surface area contributed by atoms with E-state index in [-0.39, 0.29) is 5.82 Å². The Kier molecular flexibility index (Phi) is 3.11. The molecule has 0 radical (unpaired) electrons. The maximum atomic E-state index is 13.0. The molecule has 0 saturated carbocycles. The average molecular weight is 245 g/mol. The molecule has 1 fully saturated rings. The van der Waals surface area contributed by atoms with Crippen LogP contribution in [0, 0.1) is 5.82 Å². The number of benzene rings is 1. The van der Waals surface area contributed by atoms with Crippen LogP contribution >= 0.6 is 0 Å². The van der Waals surface area contributed by atoms with E-state index in [0.717, 1.165) is 29.9 Å². The van der Waals surface area contributed by atoms with Crippen molar-refractivity contribution in [2.24, 2.45) is 0 Å². The molecule has 18 heavy (non-hydrogen) atoms. The van der Waals surface area contributed by atoms with Gasteiger partial charge in [-0.2, -0.15) is 5.10 Å². The highest BCUT2D eigenvalue weighted by molar-refractivity contribution is 5.65. The minimum Gasteiger partial charge on any atom is -0.316 e. The van der Waals surface area contributed by atoms with Crippen molar-refractivity contribution in [3.8, 4) is 11.1 Å². The highest BCUT2D eigenvalue weighted by Gasteiger charge is 2.20. The fourth-order valence-electron chi connectivity index (χ4n) is 2.57. The minimum absolute atomic E-state index is 0.205. The molecule has 3 rings (SSSR count). The van der Waals surface area contributed by atoms with Gasteiger partial charge in [-0.1, -0.05) is 12.1 Å². The van der Waals surface area contributed by atoms with Crippen molar-refractivity contribution in [1.29, 1.82) is 0 Å². The van der Waals surface area contributed by atoms with E-state index in [4.69, 9.17) is 0 Å². The molecule has 1 aromatic carbocycles. The van der Waals surface area contributed by atoms with Gasteiger partial charge in [0, 0.05) is 23.7 Å². The lowest BCUT2D eigenvalue weighted by Crippen LogP contribution is -2.28. The van der Waals surface area contributed by atoms with Gasteiger partial charge in [0.05, 0.1) is 6.20 Å². The molecule has 4 heteroatoms. The summed E-state index contributed by atoms with van der Waals surface area (Å²) in [5.74, 6) is 0.268. The monoisotopic (exact) mass is 245 g/mol. The third kappa shape index (κ3) is 2.16. The number of aromatic nitrogens is 2. The molecule has 0 amide bonds. The Morgan fingerprint density at radius 2 is 2.06 bits per heavy atom. The third-order valence-electron chi connectivity index (χ3n) is 3.53. The van der Waals surface area contributed by atoms with E-state index < -0.39 is 0 Å². The van der Waals surface area contributed by atoms with E-state index in [1.165, 1.54) is 25.0 Å². The van der Waals surface area contributed by atoms with Crippen LogP contribution in [0.3, 0.4) is 0 Å². The molecule has 2 aromatic rings. The van der Waals surface area contributed by atoms with Crippen molar-refractivity contribution in [2.45, 2.75) is 18.8 Å². The van der Waals surface area contributed by atoms with Gasteiger partial charge in [-0.15, -0.1) is 0 Å². The van der Waals surface area contributed by atoms with E-state index in [9.17, 15) is 4.39 Å². The average Bonchev–Trinajstić information content (AvgIpc) is 2.90. The van der Waals surface area contributed by atoms with Crippen molar-refractivity contribution < 1.29 is 4.39 Å². The second-order valence-corrected chi connectivity index (χ2v) is 4.75. The summed E-state index contributed by atoms with van der Waals surface area (Å²) in [6, 6.07) is 6.59. The van der Waals surface area contributed by atoms with Crippen molar-refractivity contribution in [3.63, 3.8) is 0 Å². The zero-order valence-corrected chi connectivity index (χ0v) is 10.1.